The summed E-state index contributed by atoms with van der Waals surface area (Å²) < 4.78 is 20.4. The van der Waals surface area contributed by atoms with E-state index in [9.17, 15) is 29.4 Å². The number of aliphatic hydroxyl groups is 2. The second-order valence-corrected chi connectivity index (χ2v) is 5.48. The molecule has 22 heavy (non-hydrogen) atoms. The first-order valence-corrected chi connectivity index (χ1v) is 7.18. The first kappa shape index (κ1) is 19.2. The van der Waals surface area contributed by atoms with Gasteiger partial charge >= 0.3 is 22.8 Å². The van der Waals surface area contributed by atoms with Crippen molar-refractivity contribution in [1.29, 1.82) is 0 Å². The number of phosphoric ester groups is 1. The van der Waals surface area contributed by atoms with Gasteiger partial charge in [0.05, 0.1) is 14.4 Å². The fourth-order valence-electron chi connectivity index (χ4n) is 1.88. The molecule has 4 N–H and O–H groups in total. The van der Waals surface area contributed by atoms with Crippen molar-refractivity contribution in [2.45, 2.75) is 24.5 Å². The van der Waals surface area contributed by atoms with Gasteiger partial charge in [-0.25, -0.2) is 4.79 Å². The number of hydrogen-bond acceptors (Lipinski definition) is 10. The summed E-state index contributed by atoms with van der Waals surface area (Å²) in [6.45, 7) is -0.782. The Balaban J connectivity index is 0.00000242. The molecule has 0 bridgehead atoms. The van der Waals surface area contributed by atoms with Crippen LogP contribution in [0.5, 0.6) is 0 Å². The molecule has 0 saturated carbocycles. The van der Waals surface area contributed by atoms with Crippen LogP contribution in [0.3, 0.4) is 0 Å². The minimum Gasteiger partial charge on any atom is -0.790 e. The van der Waals surface area contributed by atoms with E-state index in [0.717, 1.165) is 4.57 Å². The van der Waals surface area contributed by atoms with E-state index in [1.165, 1.54) is 12.3 Å². The number of anilines is 1. The van der Waals surface area contributed by atoms with Gasteiger partial charge in [-0.1, -0.05) is 0 Å². The van der Waals surface area contributed by atoms with E-state index in [4.69, 9.17) is 10.5 Å². The summed E-state index contributed by atoms with van der Waals surface area (Å²) in [5.74, 6) is -0.0391. The molecule has 0 spiro atoms. The van der Waals surface area contributed by atoms with Crippen molar-refractivity contribution in [3.8, 4) is 0 Å². The van der Waals surface area contributed by atoms with Gasteiger partial charge in [-0.05, 0) is 6.07 Å². The van der Waals surface area contributed by atoms with Crippen LogP contribution in [-0.4, -0.2) is 44.7 Å². The zero-order chi connectivity index (χ0) is 15.8. The molecule has 1 aromatic heterocycles. The van der Waals surface area contributed by atoms with Crippen LogP contribution in [0.1, 0.15) is 6.23 Å². The van der Waals surface area contributed by atoms with Crippen LogP contribution in [-0.2, 0) is 30.9 Å². The van der Waals surface area contributed by atoms with Crippen LogP contribution < -0.4 is 21.2 Å². The van der Waals surface area contributed by atoms with Crippen molar-refractivity contribution in [3.63, 3.8) is 0 Å². The van der Waals surface area contributed by atoms with Gasteiger partial charge in [0.2, 0.25) is 0 Å². The molecule has 2 heterocycles. The van der Waals surface area contributed by atoms with Crippen LogP contribution in [0.25, 0.3) is 0 Å². The van der Waals surface area contributed by atoms with E-state index in [0.29, 0.717) is 0 Å². The molecule has 1 radical (unpaired) electrons. The number of phosphoric acid groups is 1. The number of ether oxygens (including phenoxy) is 1. The summed E-state index contributed by atoms with van der Waals surface area (Å²) >= 11 is 0. The smallest absolute Gasteiger partial charge is 0.790 e. The summed E-state index contributed by atoms with van der Waals surface area (Å²) in [6, 6.07) is 1.27. The average Bonchev–Trinajstić information content (AvgIpc) is 2.64. The third-order valence-electron chi connectivity index (χ3n) is 2.86. The van der Waals surface area contributed by atoms with Gasteiger partial charge in [-0.15, -0.1) is 0 Å². The molecule has 11 nitrogen and oxygen atoms in total. The monoisotopic (exact) mass is 376 g/mol. The Morgan fingerprint density at radius 3 is 2.64 bits per heavy atom. The maximum absolute atomic E-state index is 11.6. The Morgan fingerprint density at radius 1 is 1.45 bits per heavy atom. The van der Waals surface area contributed by atoms with E-state index in [-0.39, 0.29) is 22.9 Å². The van der Waals surface area contributed by atoms with Gasteiger partial charge in [0, 0.05) is 6.20 Å². The maximum Gasteiger partial charge on any atom is 2.00 e. The van der Waals surface area contributed by atoms with E-state index >= 15 is 0 Å². The molecule has 1 fully saturated rings. The minimum atomic E-state index is -5.24. The third kappa shape index (κ3) is 4.35. The molecule has 2 rings (SSSR count). The molecule has 0 amide bonds. The van der Waals surface area contributed by atoms with Crippen LogP contribution in [0, 0.1) is 0 Å². The standard InChI is InChI=1S/C9H14N3O8P.Mn/c10-5-1-2-12(9(15)11-5)8-7(14)6(13)4(20-8)3-19-21(16,17)18;/h1-2,4,6-8,13-14H,3H2,(H2,10,11,15)(H2,16,17,18);/q;+2/p-2/t4-,6-,7-,8-;/m1./s1. The van der Waals surface area contributed by atoms with Gasteiger partial charge in [0.25, 0.3) is 0 Å². The Morgan fingerprint density at radius 2 is 2.09 bits per heavy atom. The Hall–Kier alpha value is -0.811. The second-order valence-electron chi connectivity index (χ2n) is 4.33. The van der Waals surface area contributed by atoms with Crippen molar-refractivity contribution in [3.05, 3.63) is 22.7 Å². The molecule has 1 aliphatic heterocycles. The van der Waals surface area contributed by atoms with Gasteiger partial charge in [0.1, 0.15) is 24.1 Å². The van der Waals surface area contributed by atoms with Crippen LogP contribution >= 0.6 is 7.82 Å². The number of aromatic nitrogens is 2. The summed E-state index contributed by atoms with van der Waals surface area (Å²) in [4.78, 5) is 35.8. The number of nitrogens with two attached hydrogens (primary N) is 1. The van der Waals surface area contributed by atoms with E-state index in [1.807, 2.05) is 0 Å². The largest absolute Gasteiger partial charge is 2.00 e. The zero-order valence-electron chi connectivity index (χ0n) is 10.8. The molecule has 0 aliphatic carbocycles. The third-order valence-corrected chi connectivity index (χ3v) is 3.33. The number of nitrogen functional groups attached to an aromatic ring is 1. The van der Waals surface area contributed by atoms with Crippen molar-refractivity contribution in [2.24, 2.45) is 0 Å². The molecule has 0 unspecified atom stereocenters. The fraction of sp³-hybridized carbons (Fsp3) is 0.556. The van der Waals surface area contributed by atoms with E-state index in [2.05, 4.69) is 9.51 Å². The molecule has 1 aliphatic rings. The van der Waals surface area contributed by atoms with Crippen molar-refractivity contribution in [1.82, 2.24) is 9.55 Å². The first-order chi connectivity index (χ1) is 9.69. The Kier molecular flexibility index (Phi) is 6.27. The van der Waals surface area contributed by atoms with Crippen molar-refractivity contribution >= 4 is 13.6 Å². The molecular formula is C9H12MnN3O8P. The van der Waals surface area contributed by atoms with E-state index < -0.39 is 44.7 Å². The van der Waals surface area contributed by atoms with Gasteiger partial charge in [-0.2, -0.15) is 4.98 Å². The first-order valence-electron chi connectivity index (χ1n) is 5.72. The average molecular weight is 376 g/mol. The van der Waals surface area contributed by atoms with Gasteiger partial charge < -0.3 is 39.6 Å². The van der Waals surface area contributed by atoms with Crippen LogP contribution in [0.15, 0.2) is 17.1 Å². The molecular weight excluding hydrogens is 364 g/mol. The fourth-order valence-corrected chi connectivity index (χ4v) is 2.21. The minimum absolute atomic E-state index is 0. The summed E-state index contributed by atoms with van der Waals surface area (Å²) in [5.41, 5.74) is 4.49. The molecule has 123 valence electrons. The Labute approximate surface area is 134 Å². The Bertz CT molecular complexity index is 621. The molecule has 13 heteroatoms. The summed E-state index contributed by atoms with van der Waals surface area (Å²) in [5, 5.41) is 19.6. The maximum atomic E-state index is 11.6. The molecule has 0 aromatic carbocycles. The predicted molar refractivity (Wildman–Crippen MR) is 62.4 cm³/mol. The van der Waals surface area contributed by atoms with Crippen LogP contribution in [0.2, 0.25) is 0 Å². The SMILES string of the molecule is Nc1ccn([C@@H]2O[C@H](COP(=O)([O-])[O-])[C@@H](O)[C@H]2O)c(=O)n1.[Mn+2]. The zero-order valence-corrected chi connectivity index (χ0v) is 12.9. The quantitative estimate of drug-likeness (QED) is 0.349. The normalized spacial score (nSPS) is 28.4. The van der Waals surface area contributed by atoms with Gasteiger partial charge in [-0.3, -0.25) is 4.57 Å². The molecule has 1 saturated heterocycles. The number of rotatable bonds is 4. The number of aliphatic hydroxyl groups excluding tert-OH is 2. The van der Waals surface area contributed by atoms with Gasteiger partial charge in [0.15, 0.2) is 6.23 Å². The number of hydrogen-bond donors (Lipinski definition) is 3. The summed E-state index contributed by atoms with van der Waals surface area (Å²) in [7, 11) is -5.24. The second kappa shape index (κ2) is 7.18. The van der Waals surface area contributed by atoms with E-state index in [1.54, 1.807) is 0 Å². The molecule has 1 aromatic rings. The predicted octanol–water partition coefficient (Wildman–Crippen LogP) is -3.71. The van der Waals surface area contributed by atoms with Crippen molar-refractivity contribution < 1.29 is 50.9 Å². The topological polar surface area (TPSA) is 183 Å². The van der Waals surface area contributed by atoms with Crippen molar-refractivity contribution in [2.75, 3.05) is 12.3 Å². The van der Waals surface area contributed by atoms with Crippen LogP contribution in [0.4, 0.5) is 5.82 Å². The summed E-state index contributed by atoms with van der Waals surface area (Å²) in [6.07, 6.45) is -4.51. The number of nitrogens with zero attached hydrogens (tertiary/aromatic N) is 2. The molecule has 4 atom stereocenters.